The summed E-state index contributed by atoms with van der Waals surface area (Å²) in [6, 6.07) is 14.2. The van der Waals surface area contributed by atoms with Crippen LogP contribution in [0.5, 0.6) is 0 Å². The number of benzene rings is 1. The number of nitrogens with zero attached hydrogens (tertiary/aromatic N) is 2. The number of carboxylic acids is 1. The number of rotatable bonds is 6. The van der Waals surface area contributed by atoms with Crippen LogP contribution in [-0.2, 0) is 27.3 Å². The Morgan fingerprint density at radius 3 is 2.52 bits per heavy atom. The highest BCUT2D eigenvalue weighted by atomic mass is 32.2. The molecular formula is C21H20N3O4S+. The zero-order chi connectivity index (χ0) is 20.4. The average molecular weight is 410 g/mol. The number of carbonyl (C=O) groups is 3. The van der Waals surface area contributed by atoms with Crippen molar-refractivity contribution in [2.75, 3.05) is 5.75 Å². The minimum absolute atomic E-state index is 0.0312. The SMILES string of the molecule is O=C(Cc1ccccc1)N[C@@H]1C(=O)N2C(C(=O)O)=C(C[n+]3ccccc3)CS[C@@H]12. The zero-order valence-corrected chi connectivity index (χ0v) is 16.3. The summed E-state index contributed by atoms with van der Waals surface area (Å²) in [6.07, 6.45) is 3.89. The summed E-state index contributed by atoms with van der Waals surface area (Å²) in [5.74, 6) is -1.26. The van der Waals surface area contributed by atoms with Gasteiger partial charge in [-0.25, -0.2) is 9.36 Å². The van der Waals surface area contributed by atoms with Gasteiger partial charge >= 0.3 is 5.97 Å². The standard InChI is InChI=1S/C21H19N3O4S/c25-16(11-14-7-3-1-4-8-14)22-17-19(26)24-18(21(27)28)15(13-29-20(17)24)12-23-9-5-2-6-10-23/h1-10,17,20H,11-13H2,(H-,22,25,27,28)/p+1/t17-,20+/m1/s1. The van der Waals surface area contributed by atoms with Gasteiger partial charge in [-0.15, -0.1) is 11.8 Å². The van der Waals surface area contributed by atoms with Crippen LogP contribution in [0.25, 0.3) is 0 Å². The summed E-state index contributed by atoms with van der Waals surface area (Å²) in [6.45, 7) is 0.400. The van der Waals surface area contributed by atoms with Crippen molar-refractivity contribution in [2.45, 2.75) is 24.4 Å². The molecule has 2 amide bonds. The van der Waals surface area contributed by atoms with E-state index < -0.39 is 17.4 Å². The summed E-state index contributed by atoms with van der Waals surface area (Å²) in [4.78, 5) is 38.2. The summed E-state index contributed by atoms with van der Waals surface area (Å²) < 4.78 is 1.88. The van der Waals surface area contributed by atoms with Crippen LogP contribution in [0.2, 0.25) is 0 Å². The van der Waals surface area contributed by atoms with Crippen molar-refractivity contribution >= 4 is 29.5 Å². The summed E-state index contributed by atoms with van der Waals surface area (Å²) >= 11 is 1.48. The fraction of sp³-hybridized carbons (Fsp3) is 0.238. The van der Waals surface area contributed by atoms with Crippen LogP contribution in [0.1, 0.15) is 5.56 Å². The van der Waals surface area contributed by atoms with Gasteiger partial charge in [-0.1, -0.05) is 36.4 Å². The van der Waals surface area contributed by atoms with Crippen LogP contribution in [0.15, 0.2) is 72.2 Å². The van der Waals surface area contributed by atoms with E-state index in [2.05, 4.69) is 5.32 Å². The van der Waals surface area contributed by atoms with E-state index in [1.807, 2.05) is 65.5 Å². The Morgan fingerprint density at radius 1 is 1.14 bits per heavy atom. The highest BCUT2D eigenvalue weighted by Crippen LogP contribution is 2.40. The van der Waals surface area contributed by atoms with Gasteiger partial charge in [0.2, 0.25) is 5.91 Å². The van der Waals surface area contributed by atoms with Gasteiger partial charge < -0.3 is 10.4 Å². The molecule has 1 saturated heterocycles. The van der Waals surface area contributed by atoms with E-state index in [1.54, 1.807) is 0 Å². The molecule has 0 unspecified atom stereocenters. The van der Waals surface area contributed by atoms with Gasteiger partial charge in [-0.05, 0) is 5.56 Å². The summed E-state index contributed by atoms with van der Waals surface area (Å²) in [7, 11) is 0. The third kappa shape index (κ3) is 3.88. The number of β-lactam (4-membered cyclic amide) rings is 1. The average Bonchev–Trinajstić information content (AvgIpc) is 2.73. The molecule has 0 radical (unpaired) electrons. The molecule has 2 aromatic rings. The molecule has 0 spiro atoms. The molecule has 0 aliphatic carbocycles. The number of aliphatic carboxylic acids is 1. The van der Waals surface area contributed by atoms with Gasteiger partial charge in [-0.3, -0.25) is 14.5 Å². The largest absolute Gasteiger partial charge is 0.477 e. The quantitative estimate of drug-likeness (QED) is 0.547. The first-order valence-electron chi connectivity index (χ1n) is 9.22. The molecule has 148 valence electrons. The van der Waals surface area contributed by atoms with E-state index in [-0.39, 0.29) is 23.9 Å². The lowest BCUT2D eigenvalue weighted by atomic mass is 10.0. The van der Waals surface area contributed by atoms with E-state index in [0.717, 1.165) is 5.56 Å². The lowest BCUT2D eigenvalue weighted by Gasteiger charge is -2.49. The van der Waals surface area contributed by atoms with Crippen LogP contribution in [0.4, 0.5) is 0 Å². The van der Waals surface area contributed by atoms with Gasteiger partial charge in [-0.2, -0.15) is 0 Å². The van der Waals surface area contributed by atoms with Crippen molar-refractivity contribution in [3.05, 3.63) is 77.8 Å². The normalized spacial score (nSPS) is 20.7. The number of hydrogen-bond donors (Lipinski definition) is 2. The number of pyridine rings is 1. The maximum Gasteiger partial charge on any atom is 0.352 e. The van der Waals surface area contributed by atoms with Crippen molar-refractivity contribution in [2.24, 2.45) is 0 Å². The van der Waals surface area contributed by atoms with Crippen molar-refractivity contribution in [1.82, 2.24) is 10.2 Å². The fourth-order valence-corrected chi connectivity index (χ4v) is 4.91. The minimum atomic E-state index is -1.12. The highest BCUT2D eigenvalue weighted by molar-refractivity contribution is 8.00. The van der Waals surface area contributed by atoms with Crippen LogP contribution >= 0.6 is 11.8 Å². The monoisotopic (exact) mass is 410 g/mol. The second kappa shape index (κ2) is 8.08. The Balaban J connectivity index is 1.48. The summed E-state index contributed by atoms with van der Waals surface area (Å²) in [5.41, 5.74) is 1.57. The second-order valence-corrected chi connectivity index (χ2v) is 8.03. The van der Waals surface area contributed by atoms with Crippen LogP contribution in [0, 0.1) is 0 Å². The number of nitrogens with one attached hydrogen (secondary N) is 1. The molecule has 7 nitrogen and oxygen atoms in total. The maximum absolute atomic E-state index is 12.7. The van der Waals surface area contributed by atoms with Crippen molar-refractivity contribution in [1.29, 1.82) is 0 Å². The molecule has 1 aromatic heterocycles. The molecule has 2 N–H and O–H groups in total. The molecular weight excluding hydrogens is 390 g/mol. The number of aromatic nitrogens is 1. The van der Waals surface area contributed by atoms with Gasteiger partial charge in [0.15, 0.2) is 18.9 Å². The Labute approximate surface area is 172 Å². The highest BCUT2D eigenvalue weighted by Gasteiger charge is 2.54. The Kier molecular flexibility index (Phi) is 5.35. The van der Waals surface area contributed by atoms with E-state index in [0.29, 0.717) is 17.9 Å². The molecule has 29 heavy (non-hydrogen) atoms. The number of fused-ring (bicyclic) bond motifs is 1. The van der Waals surface area contributed by atoms with Gasteiger partial charge in [0, 0.05) is 23.5 Å². The van der Waals surface area contributed by atoms with E-state index >= 15 is 0 Å². The van der Waals surface area contributed by atoms with Gasteiger partial charge in [0.05, 0.1) is 6.42 Å². The molecule has 2 aliphatic rings. The molecule has 1 aromatic carbocycles. The zero-order valence-electron chi connectivity index (χ0n) is 15.5. The van der Waals surface area contributed by atoms with Crippen LogP contribution in [0.3, 0.4) is 0 Å². The smallest absolute Gasteiger partial charge is 0.352 e. The maximum atomic E-state index is 12.7. The molecule has 8 heteroatoms. The number of carboxylic acid groups (broad SMARTS) is 1. The Bertz CT molecular complexity index is 978. The van der Waals surface area contributed by atoms with E-state index in [1.165, 1.54) is 16.7 Å². The first-order chi connectivity index (χ1) is 14.0. The third-order valence-corrected chi connectivity index (χ3v) is 6.26. The fourth-order valence-electron chi connectivity index (χ4n) is 3.57. The lowest BCUT2D eigenvalue weighted by Crippen LogP contribution is -2.70. The molecule has 0 saturated carbocycles. The predicted octanol–water partition coefficient (Wildman–Crippen LogP) is 0.955. The number of hydrogen-bond acceptors (Lipinski definition) is 4. The van der Waals surface area contributed by atoms with Gasteiger partial charge in [0.1, 0.15) is 17.1 Å². The third-order valence-electron chi connectivity index (χ3n) is 4.92. The number of amides is 2. The molecule has 1 fully saturated rings. The Hall–Kier alpha value is -3.13. The Morgan fingerprint density at radius 2 is 1.83 bits per heavy atom. The number of carbonyl (C=O) groups excluding carboxylic acids is 2. The lowest BCUT2D eigenvalue weighted by molar-refractivity contribution is -0.689. The van der Waals surface area contributed by atoms with E-state index in [9.17, 15) is 19.5 Å². The van der Waals surface area contributed by atoms with Crippen LogP contribution < -0.4 is 9.88 Å². The second-order valence-electron chi connectivity index (χ2n) is 6.92. The molecule has 2 atom stereocenters. The topological polar surface area (TPSA) is 90.6 Å². The molecule has 3 heterocycles. The van der Waals surface area contributed by atoms with Gasteiger partial charge in [0.25, 0.3) is 5.91 Å². The first-order valence-corrected chi connectivity index (χ1v) is 10.3. The van der Waals surface area contributed by atoms with E-state index in [4.69, 9.17) is 0 Å². The minimum Gasteiger partial charge on any atom is -0.477 e. The molecule has 0 bridgehead atoms. The first kappa shape index (κ1) is 19.2. The van der Waals surface area contributed by atoms with Crippen LogP contribution in [-0.4, -0.2) is 45.0 Å². The molecule has 4 rings (SSSR count). The van der Waals surface area contributed by atoms with Crippen molar-refractivity contribution in [3.63, 3.8) is 0 Å². The predicted molar refractivity (Wildman–Crippen MR) is 106 cm³/mol. The number of thioether (sulfide) groups is 1. The van der Waals surface area contributed by atoms with Crippen molar-refractivity contribution < 1.29 is 24.1 Å². The summed E-state index contributed by atoms with van der Waals surface area (Å²) in [5, 5.41) is 12.1. The molecule has 2 aliphatic heterocycles. The van der Waals surface area contributed by atoms with Crippen molar-refractivity contribution in [3.8, 4) is 0 Å².